The van der Waals surface area contributed by atoms with E-state index in [4.69, 9.17) is 0 Å². The molecular weight excluding hydrogens is 446 g/mol. The number of rotatable bonds is 7. The van der Waals surface area contributed by atoms with Crippen LogP contribution in [0.25, 0.3) is 0 Å². The topological polar surface area (TPSA) is 78.8 Å². The van der Waals surface area contributed by atoms with Crippen LogP contribution in [-0.4, -0.2) is 20.0 Å². The number of sulfonamides is 1. The van der Waals surface area contributed by atoms with Gasteiger partial charge in [0.05, 0.1) is 22.7 Å². The zero-order chi connectivity index (χ0) is 24.0. The van der Waals surface area contributed by atoms with E-state index < -0.39 is 15.9 Å². The molecule has 3 aromatic rings. The molecule has 6 nitrogen and oxygen atoms in total. The van der Waals surface area contributed by atoms with Crippen LogP contribution in [0.15, 0.2) is 88.9 Å². The third-order valence-corrected chi connectivity index (χ3v) is 7.72. The van der Waals surface area contributed by atoms with E-state index in [1.165, 1.54) is 10.7 Å². The van der Waals surface area contributed by atoms with Crippen molar-refractivity contribution in [2.75, 3.05) is 4.31 Å². The Morgan fingerprint density at radius 1 is 0.882 bits per heavy atom. The number of hydrazone groups is 1. The molecule has 0 atom stereocenters. The third-order valence-electron chi connectivity index (χ3n) is 5.94. The Hall–Kier alpha value is -3.45. The van der Waals surface area contributed by atoms with Gasteiger partial charge in [-0.15, -0.1) is 0 Å². The van der Waals surface area contributed by atoms with Gasteiger partial charge in [-0.2, -0.15) is 5.10 Å². The summed E-state index contributed by atoms with van der Waals surface area (Å²) in [5, 5.41) is 4.32. The van der Waals surface area contributed by atoms with Gasteiger partial charge in [-0.3, -0.25) is 9.10 Å². The molecule has 3 aromatic carbocycles. The van der Waals surface area contributed by atoms with Crippen molar-refractivity contribution in [2.45, 2.75) is 50.5 Å². The second-order valence-electron chi connectivity index (χ2n) is 8.51. The quantitative estimate of drug-likeness (QED) is 0.462. The molecule has 1 aliphatic rings. The number of carbonyl (C=O) groups is 1. The number of benzene rings is 3. The molecule has 1 amide bonds. The number of anilines is 1. The molecule has 0 spiro atoms. The van der Waals surface area contributed by atoms with E-state index in [-0.39, 0.29) is 17.0 Å². The van der Waals surface area contributed by atoms with E-state index in [0.29, 0.717) is 5.69 Å². The van der Waals surface area contributed by atoms with Crippen LogP contribution in [0.5, 0.6) is 0 Å². The van der Waals surface area contributed by atoms with Gasteiger partial charge in [-0.05, 0) is 62.4 Å². The minimum Gasteiger partial charge on any atom is -0.267 e. The number of hydrogen-bond donors (Lipinski definition) is 1. The first-order chi connectivity index (χ1) is 16.4. The highest BCUT2D eigenvalue weighted by atomic mass is 32.2. The first-order valence-electron chi connectivity index (χ1n) is 11.5. The Bertz CT molecular complexity index is 1260. The number of para-hydroxylation sites is 1. The maximum Gasteiger partial charge on any atom is 0.273 e. The lowest BCUT2D eigenvalue weighted by molar-refractivity contribution is 0.0955. The predicted octanol–water partition coefficient (Wildman–Crippen LogP) is 5.44. The van der Waals surface area contributed by atoms with Crippen molar-refractivity contribution in [2.24, 2.45) is 5.10 Å². The fraction of sp³-hybridized carbons (Fsp3) is 0.259. The van der Waals surface area contributed by atoms with Crippen molar-refractivity contribution >= 4 is 27.3 Å². The molecule has 0 radical (unpaired) electrons. The molecule has 0 saturated heterocycles. The Labute approximate surface area is 201 Å². The molecule has 1 N–H and O–H groups in total. The lowest BCUT2D eigenvalue weighted by Crippen LogP contribution is -2.33. The number of amides is 1. The van der Waals surface area contributed by atoms with Crippen molar-refractivity contribution < 1.29 is 13.2 Å². The highest BCUT2D eigenvalue weighted by molar-refractivity contribution is 7.92. The first-order valence-corrected chi connectivity index (χ1v) is 13.0. The molecule has 4 rings (SSSR count). The maximum atomic E-state index is 13.8. The van der Waals surface area contributed by atoms with Gasteiger partial charge in [0.15, 0.2) is 0 Å². The monoisotopic (exact) mass is 475 g/mol. The van der Waals surface area contributed by atoms with Gasteiger partial charge < -0.3 is 0 Å². The van der Waals surface area contributed by atoms with Crippen LogP contribution in [0, 0.1) is 6.92 Å². The minimum absolute atomic E-state index is 0.0931. The van der Waals surface area contributed by atoms with Gasteiger partial charge in [0, 0.05) is 5.71 Å². The molecule has 1 saturated carbocycles. The summed E-state index contributed by atoms with van der Waals surface area (Å²) in [5.41, 5.74) is 5.99. The average molecular weight is 476 g/mol. The molecule has 1 fully saturated rings. The number of nitrogens with one attached hydrogen (secondary N) is 1. The molecule has 7 heteroatoms. The Morgan fingerprint density at radius 3 is 2.24 bits per heavy atom. The summed E-state index contributed by atoms with van der Waals surface area (Å²) in [5.74, 6) is -0.425. The van der Waals surface area contributed by atoms with Gasteiger partial charge in [-0.1, -0.05) is 66.6 Å². The second-order valence-corrected chi connectivity index (χ2v) is 10.4. The van der Waals surface area contributed by atoms with Gasteiger partial charge in [-0.25, -0.2) is 13.8 Å². The van der Waals surface area contributed by atoms with E-state index in [0.717, 1.165) is 42.5 Å². The van der Waals surface area contributed by atoms with Crippen LogP contribution in [0.3, 0.4) is 0 Å². The zero-order valence-electron chi connectivity index (χ0n) is 19.3. The predicted molar refractivity (Wildman–Crippen MR) is 135 cm³/mol. The zero-order valence-corrected chi connectivity index (χ0v) is 20.1. The molecule has 1 aliphatic carbocycles. The third kappa shape index (κ3) is 5.54. The molecule has 0 bridgehead atoms. The van der Waals surface area contributed by atoms with Crippen LogP contribution >= 0.6 is 0 Å². The van der Waals surface area contributed by atoms with Crippen LogP contribution in [-0.2, 0) is 16.6 Å². The molecule has 176 valence electrons. The molecular formula is C27H29N3O3S. The average Bonchev–Trinajstić information content (AvgIpc) is 2.87. The van der Waals surface area contributed by atoms with E-state index >= 15 is 0 Å². The van der Waals surface area contributed by atoms with Crippen molar-refractivity contribution in [1.29, 1.82) is 0 Å². The summed E-state index contributed by atoms with van der Waals surface area (Å²) in [6, 6.07) is 22.9. The molecule has 34 heavy (non-hydrogen) atoms. The molecule has 0 aliphatic heterocycles. The molecule has 0 aromatic heterocycles. The van der Waals surface area contributed by atoms with Gasteiger partial charge >= 0.3 is 0 Å². The first kappa shape index (κ1) is 23.7. The van der Waals surface area contributed by atoms with Crippen molar-refractivity contribution in [1.82, 2.24) is 5.43 Å². The lowest BCUT2D eigenvalue weighted by Gasteiger charge is -2.26. The fourth-order valence-electron chi connectivity index (χ4n) is 4.03. The minimum atomic E-state index is -3.94. The summed E-state index contributed by atoms with van der Waals surface area (Å²) >= 11 is 0. The van der Waals surface area contributed by atoms with Crippen LogP contribution < -0.4 is 9.73 Å². The Balaban J connectivity index is 1.73. The van der Waals surface area contributed by atoms with Gasteiger partial charge in [0.25, 0.3) is 15.9 Å². The normalized spacial score (nSPS) is 13.9. The van der Waals surface area contributed by atoms with Crippen molar-refractivity contribution in [3.63, 3.8) is 0 Å². The van der Waals surface area contributed by atoms with Gasteiger partial charge in [0.2, 0.25) is 0 Å². The fourth-order valence-corrected chi connectivity index (χ4v) is 5.50. The van der Waals surface area contributed by atoms with E-state index in [9.17, 15) is 13.2 Å². The van der Waals surface area contributed by atoms with Crippen LogP contribution in [0.1, 0.15) is 53.6 Å². The summed E-state index contributed by atoms with van der Waals surface area (Å²) in [4.78, 5) is 13.3. The molecule has 0 heterocycles. The molecule has 0 unspecified atom stereocenters. The van der Waals surface area contributed by atoms with Gasteiger partial charge in [0.1, 0.15) is 0 Å². The summed E-state index contributed by atoms with van der Waals surface area (Å²) in [6.45, 7) is 2.00. The van der Waals surface area contributed by atoms with E-state index in [1.807, 2.05) is 37.3 Å². The smallest absolute Gasteiger partial charge is 0.267 e. The maximum absolute atomic E-state index is 13.8. The standard InChI is InChI=1S/C27H29N3O3S/c1-21-16-18-24(19-17-21)34(32,33)30(20-22-10-4-2-5-11-22)26-15-9-8-14-25(26)27(31)29-28-23-12-6-3-7-13-23/h2,4-5,8-11,14-19H,3,6-7,12-13,20H2,1H3,(H,29,31). The summed E-state index contributed by atoms with van der Waals surface area (Å²) in [7, 11) is -3.94. The summed E-state index contributed by atoms with van der Waals surface area (Å²) < 4.78 is 28.9. The van der Waals surface area contributed by atoms with E-state index in [2.05, 4.69) is 10.5 Å². The van der Waals surface area contributed by atoms with Crippen molar-refractivity contribution in [3.8, 4) is 0 Å². The van der Waals surface area contributed by atoms with E-state index in [1.54, 1.807) is 48.5 Å². The highest BCUT2D eigenvalue weighted by Gasteiger charge is 2.28. The number of carbonyl (C=O) groups excluding carboxylic acids is 1. The SMILES string of the molecule is Cc1ccc(S(=O)(=O)N(Cc2ccccc2)c2ccccc2C(=O)NN=C2CCCCC2)cc1. The number of nitrogens with zero attached hydrogens (tertiary/aromatic N) is 2. The van der Waals surface area contributed by atoms with Crippen molar-refractivity contribution in [3.05, 3.63) is 95.6 Å². The Morgan fingerprint density at radius 2 is 1.53 bits per heavy atom. The lowest BCUT2D eigenvalue weighted by atomic mass is 9.99. The van der Waals surface area contributed by atoms with Crippen LogP contribution in [0.4, 0.5) is 5.69 Å². The summed E-state index contributed by atoms with van der Waals surface area (Å²) in [6.07, 6.45) is 5.09. The highest BCUT2D eigenvalue weighted by Crippen LogP contribution is 2.29. The number of hydrogen-bond acceptors (Lipinski definition) is 4. The van der Waals surface area contributed by atoms with Crippen LogP contribution in [0.2, 0.25) is 0 Å². The second kappa shape index (κ2) is 10.7. The largest absolute Gasteiger partial charge is 0.273 e. The Kier molecular flexibility index (Phi) is 7.43. The number of aryl methyl sites for hydroxylation is 1.